The molecule has 0 radical (unpaired) electrons. The first kappa shape index (κ1) is 14.1. The summed E-state index contributed by atoms with van der Waals surface area (Å²) in [5.41, 5.74) is 4.28. The van der Waals surface area contributed by atoms with Crippen molar-refractivity contribution in [2.45, 2.75) is 0 Å². The van der Waals surface area contributed by atoms with Crippen LogP contribution in [0.25, 0.3) is 43.8 Å². The minimum absolute atomic E-state index is 0.971. The number of furan rings is 1. The van der Waals surface area contributed by atoms with E-state index in [4.69, 9.17) is 4.42 Å². The number of hydrogen-bond acceptors (Lipinski definition) is 1. The molecule has 0 N–H and O–H groups in total. The van der Waals surface area contributed by atoms with Gasteiger partial charge in [0.15, 0.2) is 0 Å². The van der Waals surface area contributed by atoms with Crippen molar-refractivity contribution in [3.63, 3.8) is 0 Å². The van der Waals surface area contributed by atoms with Crippen LogP contribution in [-0.2, 0) is 0 Å². The molecule has 0 bridgehead atoms. The average molecular weight is 420 g/mol. The fraction of sp³-hybridized carbons (Fsp3) is 0. The lowest BCUT2D eigenvalue weighted by molar-refractivity contribution is 0.668. The number of halogens is 1. The number of benzene rings is 4. The monoisotopic (exact) mass is 420 g/mol. The Balaban J connectivity index is 2.06. The lowest BCUT2D eigenvalue weighted by Crippen LogP contribution is -1.81. The van der Waals surface area contributed by atoms with Crippen molar-refractivity contribution in [1.29, 1.82) is 0 Å². The van der Waals surface area contributed by atoms with Gasteiger partial charge in [-0.2, -0.15) is 0 Å². The van der Waals surface area contributed by atoms with Gasteiger partial charge in [0.25, 0.3) is 0 Å². The molecule has 0 atom stereocenters. The highest BCUT2D eigenvalue weighted by atomic mass is 127. The molecule has 0 saturated heterocycles. The van der Waals surface area contributed by atoms with Crippen molar-refractivity contribution in [3.05, 3.63) is 82.4 Å². The van der Waals surface area contributed by atoms with Gasteiger partial charge < -0.3 is 4.42 Å². The van der Waals surface area contributed by atoms with E-state index in [1.54, 1.807) is 0 Å². The maximum atomic E-state index is 6.37. The SMILES string of the molecule is Ic1cccc2c1oc1c(-c3ccccc3)cc3ccccc3c12. The van der Waals surface area contributed by atoms with Crippen molar-refractivity contribution in [2.75, 3.05) is 0 Å². The lowest BCUT2D eigenvalue weighted by atomic mass is 9.96. The maximum absolute atomic E-state index is 6.37. The van der Waals surface area contributed by atoms with Crippen LogP contribution < -0.4 is 0 Å². The summed E-state index contributed by atoms with van der Waals surface area (Å²) in [6, 6.07) is 27.6. The molecule has 0 unspecified atom stereocenters. The average Bonchev–Trinajstić information content (AvgIpc) is 3.03. The van der Waals surface area contributed by atoms with E-state index < -0.39 is 0 Å². The largest absolute Gasteiger partial charge is 0.454 e. The minimum atomic E-state index is 0.971. The van der Waals surface area contributed by atoms with Crippen LogP contribution in [0.2, 0.25) is 0 Å². The lowest BCUT2D eigenvalue weighted by Gasteiger charge is -2.06. The summed E-state index contributed by atoms with van der Waals surface area (Å²) in [6.07, 6.45) is 0. The molecule has 0 aliphatic carbocycles. The van der Waals surface area contributed by atoms with Crippen LogP contribution in [0.5, 0.6) is 0 Å². The summed E-state index contributed by atoms with van der Waals surface area (Å²) in [6.45, 7) is 0. The van der Waals surface area contributed by atoms with Crippen LogP contribution >= 0.6 is 22.6 Å². The second kappa shape index (κ2) is 5.35. The van der Waals surface area contributed by atoms with E-state index in [-0.39, 0.29) is 0 Å². The molecule has 1 nitrogen and oxygen atoms in total. The second-order valence-electron chi connectivity index (χ2n) is 5.93. The maximum Gasteiger partial charge on any atom is 0.148 e. The molecule has 0 spiro atoms. The predicted molar refractivity (Wildman–Crippen MR) is 109 cm³/mol. The highest BCUT2D eigenvalue weighted by molar-refractivity contribution is 14.1. The number of rotatable bonds is 1. The molecule has 5 aromatic rings. The number of hydrogen-bond donors (Lipinski definition) is 0. The summed E-state index contributed by atoms with van der Waals surface area (Å²) in [4.78, 5) is 0. The molecule has 1 heterocycles. The zero-order chi connectivity index (χ0) is 16.1. The molecule has 2 heteroatoms. The van der Waals surface area contributed by atoms with E-state index in [1.807, 2.05) is 6.07 Å². The van der Waals surface area contributed by atoms with Gasteiger partial charge >= 0.3 is 0 Å². The van der Waals surface area contributed by atoms with Crippen LogP contribution in [0.15, 0.2) is 83.3 Å². The molecule has 0 saturated carbocycles. The molecule has 1 aromatic heterocycles. The molecule has 114 valence electrons. The first-order valence-electron chi connectivity index (χ1n) is 7.91. The number of para-hydroxylation sites is 1. The van der Waals surface area contributed by atoms with E-state index in [1.165, 1.54) is 27.1 Å². The van der Waals surface area contributed by atoms with Crippen LogP contribution in [0.4, 0.5) is 0 Å². The quantitative estimate of drug-likeness (QED) is 0.266. The van der Waals surface area contributed by atoms with Crippen molar-refractivity contribution in [2.24, 2.45) is 0 Å². The van der Waals surface area contributed by atoms with E-state index >= 15 is 0 Å². The Labute approximate surface area is 153 Å². The van der Waals surface area contributed by atoms with Crippen LogP contribution in [-0.4, -0.2) is 0 Å². The van der Waals surface area contributed by atoms with E-state index in [9.17, 15) is 0 Å². The zero-order valence-corrected chi connectivity index (χ0v) is 14.9. The molecule has 4 aromatic carbocycles. The van der Waals surface area contributed by atoms with Crippen molar-refractivity contribution in [3.8, 4) is 11.1 Å². The van der Waals surface area contributed by atoms with E-state index in [0.717, 1.165) is 20.3 Å². The van der Waals surface area contributed by atoms with Crippen LogP contribution in [0.3, 0.4) is 0 Å². The molecule has 0 aliphatic rings. The summed E-state index contributed by atoms with van der Waals surface area (Å²) in [7, 11) is 0. The number of fused-ring (bicyclic) bond motifs is 5. The van der Waals surface area contributed by atoms with Gasteiger partial charge in [-0.05, 0) is 51.1 Å². The highest BCUT2D eigenvalue weighted by Crippen LogP contribution is 2.41. The third-order valence-corrected chi connectivity index (χ3v) is 5.38. The fourth-order valence-corrected chi connectivity index (χ4v) is 4.05. The molecule has 0 amide bonds. The molecular formula is C22H13IO. The Kier molecular flexibility index (Phi) is 3.13. The third kappa shape index (κ3) is 1.99. The first-order valence-corrected chi connectivity index (χ1v) is 8.99. The van der Waals surface area contributed by atoms with Crippen LogP contribution in [0, 0.1) is 3.57 Å². The van der Waals surface area contributed by atoms with Gasteiger partial charge in [-0.3, -0.25) is 0 Å². The Morgan fingerprint density at radius 2 is 1.42 bits per heavy atom. The summed E-state index contributed by atoms with van der Waals surface area (Å²) in [5.74, 6) is 0. The van der Waals surface area contributed by atoms with Gasteiger partial charge in [0.1, 0.15) is 11.2 Å². The van der Waals surface area contributed by atoms with Gasteiger partial charge in [-0.25, -0.2) is 0 Å². The molecule has 0 fully saturated rings. The Morgan fingerprint density at radius 1 is 0.667 bits per heavy atom. The van der Waals surface area contributed by atoms with Crippen molar-refractivity contribution < 1.29 is 4.42 Å². The van der Waals surface area contributed by atoms with E-state index in [0.29, 0.717) is 0 Å². The minimum Gasteiger partial charge on any atom is -0.454 e. The molecular weight excluding hydrogens is 407 g/mol. The summed E-state index contributed by atoms with van der Waals surface area (Å²) >= 11 is 2.35. The standard InChI is InChI=1S/C22H13IO/c23-19-12-6-11-17-20-16-10-5-4-9-15(16)13-18(22(20)24-21(17)19)14-7-2-1-3-8-14/h1-13H. The first-order chi connectivity index (χ1) is 11.8. The predicted octanol–water partition coefficient (Wildman–Crippen LogP) is 7.01. The molecule has 24 heavy (non-hydrogen) atoms. The van der Waals surface area contributed by atoms with Gasteiger partial charge in [-0.1, -0.05) is 66.7 Å². The van der Waals surface area contributed by atoms with Gasteiger partial charge in [0.05, 0.1) is 3.57 Å². The van der Waals surface area contributed by atoms with Gasteiger partial charge in [-0.15, -0.1) is 0 Å². The van der Waals surface area contributed by atoms with Crippen LogP contribution in [0.1, 0.15) is 0 Å². The summed E-state index contributed by atoms with van der Waals surface area (Å²) < 4.78 is 7.51. The zero-order valence-electron chi connectivity index (χ0n) is 12.8. The highest BCUT2D eigenvalue weighted by Gasteiger charge is 2.16. The second-order valence-corrected chi connectivity index (χ2v) is 7.10. The third-order valence-electron chi connectivity index (χ3n) is 4.53. The molecule has 5 rings (SSSR count). The summed E-state index contributed by atoms with van der Waals surface area (Å²) in [5, 5.41) is 4.88. The van der Waals surface area contributed by atoms with Gasteiger partial charge in [0.2, 0.25) is 0 Å². The molecule has 0 aliphatic heterocycles. The Morgan fingerprint density at radius 3 is 2.29 bits per heavy atom. The van der Waals surface area contributed by atoms with Crippen molar-refractivity contribution >= 4 is 55.3 Å². The normalized spacial score (nSPS) is 11.5. The fourth-order valence-electron chi connectivity index (χ4n) is 3.45. The van der Waals surface area contributed by atoms with E-state index in [2.05, 4.69) is 95.4 Å². The smallest absolute Gasteiger partial charge is 0.148 e. The van der Waals surface area contributed by atoms with Crippen molar-refractivity contribution in [1.82, 2.24) is 0 Å². The Hall–Kier alpha value is -2.33. The Bertz CT molecular complexity index is 1200. The topological polar surface area (TPSA) is 13.1 Å². The van der Waals surface area contributed by atoms with Gasteiger partial charge in [0, 0.05) is 16.3 Å².